The third-order valence-electron chi connectivity index (χ3n) is 4.66. The number of urea groups is 1. The predicted molar refractivity (Wildman–Crippen MR) is 110 cm³/mol. The van der Waals surface area contributed by atoms with E-state index in [1.165, 1.54) is 18.2 Å². The molecular weight excluding hydrogens is 381 g/mol. The van der Waals surface area contributed by atoms with Crippen molar-refractivity contribution in [2.45, 2.75) is 26.3 Å². The third kappa shape index (κ3) is 4.02. The lowest BCUT2D eigenvalue weighted by molar-refractivity contribution is 0.193. The van der Waals surface area contributed by atoms with Crippen LogP contribution in [-0.2, 0) is 0 Å². The first-order valence-corrected chi connectivity index (χ1v) is 9.43. The standard InChI is InChI=1S/C21H21ClFN3O2/c1-3-10-26(21(28)25-14-8-9-19(23)18(22)11-14)13(2)17-12-24-20(27)16-7-5-4-6-15(16)17/h4-9,11-13H,3,10H2,1-2H3,(H,24,27)(H,25,28)/t13-/m1/s1. The van der Waals surface area contributed by atoms with Gasteiger partial charge in [0.05, 0.1) is 11.1 Å². The molecule has 0 aliphatic rings. The summed E-state index contributed by atoms with van der Waals surface area (Å²) in [6.07, 6.45) is 2.41. The molecule has 3 rings (SSSR count). The second-order valence-corrected chi connectivity index (χ2v) is 6.95. The van der Waals surface area contributed by atoms with Crippen LogP contribution in [0.15, 0.2) is 53.5 Å². The first-order chi connectivity index (χ1) is 13.4. The fourth-order valence-corrected chi connectivity index (χ4v) is 3.41. The fraction of sp³-hybridized carbons (Fsp3) is 0.238. The normalized spacial score (nSPS) is 12.0. The monoisotopic (exact) mass is 401 g/mol. The van der Waals surface area contributed by atoms with E-state index in [0.717, 1.165) is 17.4 Å². The zero-order valence-electron chi connectivity index (χ0n) is 15.6. The molecule has 0 radical (unpaired) electrons. The van der Waals surface area contributed by atoms with E-state index in [0.29, 0.717) is 17.6 Å². The Morgan fingerprint density at radius 1 is 1.25 bits per heavy atom. The molecule has 0 aliphatic heterocycles. The minimum atomic E-state index is -0.543. The van der Waals surface area contributed by atoms with Crippen molar-refractivity contribution in [1.82, 2.24) is 9.88 Å². The maximum Gasteiger partial charge on any atom is 0.322 e. The molecule has 146 valence electrons. The highest BCUT2D eigenvalue weighted by Crippen LogP contribution is 2.27. The van der Waals surface area contributed by atoms with Crippen LogP contribution in [-0.4, -0.2) is 22.5 Å². The molecule has 0 bridgehead atoms. The number of aromatic amines is 1. The summed E-state index contributed by atoms with van der Waals surface area (Å²) in [5.74, 6) is -0.543. The van der Waals surface area contributed by atoms with Gasteiger partial charge in [0.1, 0.15) is 5.82 Å². The molecule has 3 aromatic rings. The number of fused-ring (bicyclic) bond motifs is 1. The first-order valence-electron chi connectivity index (χ1n) is 9.05. The van der Waals surface area contributed by atoms with Gasteiger partial charge >= 0.3 is 6.03 Å². The Morgan fingerprint density at radius 3 is 2.64 bits per heavy atom. The Labute approximate surface area is 167 Å². The van der Waals surface area contributed by atoms with Crippen LogP contribution in [0, 0.1) is 5.82 Å². The van der Waals surface area contributed by atoms with Gasteiger partial charge in [-0.3, -0.25) is 4.79 Å². The molecule has 28 heavy (non-hydrogen) atoms. The number of hydrogen-bond acceptors (Lipinski definition) is 2. The van der Waals surface area contributed by atoms with Gasteiger partial charge in [0.2, 0.25) is 0 Å². The van der Waals surface area contributed by atoms with E-state index < -0.39 is 5.82 Å². The minimum Gasteiger partial charge on any atom is -0.328 e. The molecule has 5 nitrogen and oxygen atoms in total. The SMILES string of the molecule is CCCN(C(=O)Nc1ccc(F)c(Cl)c1)[C@H](C)c1c[nH]c(=O)c2ccccc12. The molecule has 0 saturated heterocycles. The number of nitrogens with zero attached hydrogens (tertiary/aromatic N) is 1. The van der Waals surface area contributed by atoms with Crippen LogP contribution in [0.1, 0.15) is 31.9 Å². The van der Waals surface area contributed by atoms with Crippen LogP contribution in [0.3, 0.4) is 0 Å². The van der Waals surface area contributed by atoms with Crippen molar-refractivity contribution in [1.29, 1.82) is 0 Å². The Balaban J connectivity index is 1.93. The van der Waals surface area contributed by atoms with Gasteiger partial charge < -0.3 is 15.2 Å². The van der Waals surface area contributed by atoms with Crippen LogP contribution >= 0.6 is 11.6 Å². The van der Waals surface area contributed by atoms with Crippen molar-refractivity contribution in [2.24, 2.45) is 0 Å². The molecule has 0 saturated carbocycles. The van der Waals surface area contributed by atoms with Crippen LogP contribution in [0.5, 0.6) is 0 Å². The van der Waals surface area contributed by atoms with Gasteiger partial charge in [-0.2, -0.15) is 0 Å². The third-order valence-corrected chi connectivity index (χ3v) is 4.94. The van der Waals surface area contributed by atoms with E-state index in [1.54, 1.807) is 23.2 Å². The minimum absolute atomic E-state index is 0.0560. The summed E-state index contributed by atoms with van der Waals surface area (Å²) in [5, 5.41) is 4.09. The van der Waals surface area contributed by atoms with Gasteiger partial charge in [-0.25, -0.2) is 9.18 Å². The van der Waals surface area contributed by atoms with Crippen molar-refractivity contribution < 1.29 is 9.18 Å². The lowest BCUT2D eigenvalue weighted by Crippen LogP contribution is -2.38. The molecule has 0 fully saturated rings. The fourth-order valence-electron chi connectivity index (χ4n) is 3.23. The number of halogens is 2. The number of carbonyl (C=O) groups is 1. The molecule has 0 spiro atoms. The number of pyridine rings is 1. The Hall–Kier alpha value is -2.86. The molecule has 2 N–H and O–H groups in total. The zero-order chi connectivity index (χ0) is 20.3. The van der Waals surface area contributed by atoms with Crippen molar-refractivity contribution in [3.05, 3.63) is 75.4 Å². The van der Waals surface area contributed by atoms with Crippen LogP contribution in [0.25, 0.3) is 10.8 Å². The van der Waals surface area contributed by atoms with Crippen molar-refractivity contribution in [3.63, 3.8) is 0 Å². The number of amides is 2. The number of H-pyrrole nitrogens is 1. The second-order valence-electron chi connectivity index (χ2n) is 6.55. The molecule has 1 heterocycles. The number of benzene rings is 2. The first kappa shape index (κ1) is 19.9. The number of anilines is 1. The smallest absolute Gasteiger partial charge is 0.322 e. The summed E-state index contributed by atoms with van der Waals surface area (Å²) in [6, 6.07) is 10.7. The molecular formula is C21H21ClFN3O2. The van der Waals surface area contributed by atoms with E-state index in [1.807, 2.05) is 26.0 Å². The quantitative estimate of drug-likeness (QED) is 0.607. The summed E-state index contributed by atoms with van der Waals surface area (Å²) < 4.78 is 13.4. The maximum atomic E-state index is 13.4. The topological polar surface area (TPSA) is 65.2 Å². The van der Waals surface area contributed by atoms with Crippen LogP contribution in [0.2, 0.25) is 5.02 Å². The van der Waals surface area contributed by atoms with Crippen LogP contribution < -0.4 is 10.9 Å². The number of hydrogen-bond donors (Lipinski definition) is 2. The molecule has 0 unspecified atom stereocenters. The molecule has 0 aliphatic carbocycles. The van der Waals surface area contributed by atoms with E-state index in [9.17, 15) is 14.0 Å². The summed E-state index contributed by atoms with van der Waals surface area (Å²) in [5.41, 5.74) is 1.09. The van der Waals surface area contributed by atoms with E-state index >= 15 is 0 Å². The average Bonchev–Trinajstić information content (AvgIpc) is 2.69. The summed E-state index contributed by atoms with van der Waals surface area (Å²) in [4.78, 5) is 29.4. The van der Waals surface area contributed by atoms with Crippen molar-refractivity contribution in [2.75, 3.05) is 11.9 Å². The number of carbonyl (C=O) groups excluding carboxylic acids is 1. The van der Waals surface area contributed by atoms with E-state index in [2.05, 4.69) is 10.3 Å². The van der Waals surface area contributed by atoms with Crippen molar-refractivity contribution in [3.8, 4) is 0 Å². The summed E-state index contributed by atoms with van der Waals surface area (Å²) >= 11 is 5.80. The lowest BCUT2D eigenvalue weighted by Gasteiger charge is -2.30. The summed E-state index contributed by atoms with van der Waals surface area (Å²) in [6.45, 7) is 4.40. The Bertz CT molecular complexity index is 1070. The molecule has 2 amide bonds. The van der Waals surface area contributed by atoms with Gasteiger partial charge in [0.15, 0.2) is 0 Å². The second kappa shape index (κ2) is 8.44. The number of nitrogens with one attached hydrogen (secondary N) is 2. The number of aromatic nitrogens is 1. The highest BCUT2D eigenvalue weighted by Gasteiger charge is 2.23. The Kier molecular flexibility index (Phi) is 5.99. The maximum absolute atomic E-state index is 13.4. The average molecular weight is 402 g/mol. The van der Waals surface area contributed by atoms with Gasteiger partial charge in [0, 0.05) is 23.8 Å². The van der Waals surface area contributed by atoms with Gasteiger partial charge in [-0.15, -0.1) is 0 Å². The van der Waals surface area contributed by atoms with E-state index in [4.69, 9.17) is 11.6 Å². The predicted octanol–water partition coefficient (Wildman–Crippen LogP) is 5.33. The van der Waals surface area contributed by atoms with Crippen molar-refractivity contribution >= 4 is 34.1 Å². The largest absolute Gasteiger partial charge is 0.328 e. The summed E-state index contributed by atoms with van der Waals surface area (Å²) in [7, 11) is 0. The van der Waals surface area contributed by atoms with Gasteiger partial charge in [-0.05, 0) is 48.6 Å². The van der Waals surface area contributed by atoms with Gasteiger partial charge in [-0.1, -0.05) is 36.7 Å². The molecule has 7 heteroatoms. The highest BCUT2D eigenvalue weighted by molar-refractivity contribution is 6.31. The van der Waals surface area contributed by atoms with Crippen LogP contribution in [0.4, 0.5) is 14.9 Å². The van der Waals surface area contributed by atoms with E-state index in [-0.39, 0.29) is 22.7 Å². The molecule has 1 aromatic heterocycles. The highest BCUT2D eigenvalue weighted by atomic mass is 35.5. The number of rotatable bonds is 5. The molecule has 2 aromatic carbocycles. The Morgan fingerprint density at radius 2 is 1.96 bits per heavy atom. The zero-order valence-corrected chi connectivity index (χ0v) is 16.4. The lowest BCUT2D eigenvalue weighted by atomic mass is 10.0. The molecule has 1 atom stereocenters. The van der Waals surface area contributed by atoms with Gasteiger partial charge in [0.25, 0.3) is 5.56 Å².